The summed E-state index contributed by atoms with van der Waals surface area (Å²) in [7, 11) is 0. The highest BCUT2D eigenvalue weighted by atomic mass is 14.0. The molecule has 0 aliphatic rings. The average Bonchev–Trinajstić information content (AvgIpc) is 2.64. The van der Waals surface area contributed by atoms with E-state index >= 15 is 0 Å². The SMILES string of the molecule is CC.CC(C)CCc1ccccc1.CC(C)c1ccccc1.CCC. The molecule has 2 aromatic rings. The number of hydrogen-bond acceptors (Lipinski definition) is 0. The smallest absolute Gasteiger partial charge is 0.0219 e. The van der Waals surface area contributed by atoms with Crippen LogP contribution in [0.25, 0.3) is 0 Å². The molecule has 0 atom stereocenters. The Bertz CT molecular complexity index is 454. The van der Waals surface area contributed by atoms with Crippen LogP contribution in [0.1, 0.15) is 85.3 Å². The lowest BCUT2D eigenvalue weighted by molar-refractivity contribution is 0.587. The summed E-state index contributed by atoms with van der Waals surface area (Å²) in [6.45, 7) is 17.2. The van der Waals surface area contributed by atoms with Crippen molar-refractivity contribution >= 4 is 0 Å². The van der Waals surface area contributed by atoms with E-state index in [4.69, 9.17) is 0 Å². The minimum atomic E-state index is 0.659. The predicted molar refractivity (Wildman–Crippen MR) is 117 cm³/mol. The fourth-order valence-electron chi connectivity index (χ4n) is 1.94. The van der Waals surface area contributed by atoms with Gasteiger partial charge in [-0.2, -0.15) is 0 Å². The Balaban J connectivity index is 0. The molecule has 0 N–H and O–H groups in total. The lowest BCUT2D eigenvalue weighted by Crippen LogP contribution is -1.91. The van der Waals surface area contributed by atoms with Crippen molar-refractivity contribution in [1.29, 1.82) is 0 Å². The van der Waals surface area contributed by atoms with E-state index in [9.17, 15) is 0 Å². The van der Waals surface area contributed by atoms with Gasteiger partial charge in [0.2, 0.25) is 0 Å². The molecule has 2 aromatic carbocycles. The minimum Gasteiger partial charge on any atom is -0.0683 e. The molecule has 142 valence electrons. The molecule has 0 aromatic heterocycles. The van der Waals surface area contributed by atoms with Crippen molar-refractivity contribution in [3.63, 3.8) is 0 Å². The van der Waals surface area contributed by atoms with E-state index in [0.717, 1.165) is 5.92 Å². The van der Waals surface area contributed by atoms with Gasteiger partial charge in [-0.1, -0.05) is 122 Å². The van der Waals surface area contributed by atoms with Crippen molar-refractivity contribution < 1.29 is 0 Å². The van der Waals surface area contributed by atoms with Crippen LogP contribution in [0.4, 0.5) is 0 Å². The van der Waals surface area contributed by atoms with E-state index < -0.39 is 0 Å². The summed E-state index contributed by atoms with van der Waals surface area (Å²) >= 11 is 0. The highest BCUT2D eigenvalue weighted by Crippen LogP contribution is 2.11. The Labute approximate surface area is 158 Å². The Morgan fingerprint density at radius 2 is 1.08 bits per heavy atom. The maximum atomic E-state index is 2.27. The van der Waals surface area contributed by atoms with Crippen molar-refractivity contribution in [2.24, 2.45) is 5.92 Å². The first-order valence-electron chi connectivity index (χ1n) is 10.1. The van der Waals surface area contributed by atoms with Gasteiger partial charge < -0.3 is 0 Å². The Kier molecular flexibility index (Phi) is 19.3. The summed E-state index contributed by atoms with van der Waals surface area (Å²) in [6, 6.07) is 21.2. The average molecular weight is 343 g/mol. The normalized spacial score (nSPS) is 9.20. The molecule has 0 unspecified atom stereocenters. The molecule has 0 fully saturated rings. The highest BCUT2D eigenvalue weighted by molar-refractivity contribution is 5.17. The van der Waals surface area contributed by atoms with Crippen LogP contribution in [0.5, 0.6) is 0 Å². The standard InChI is InChI=1S/C11H16.C9H12.C3H8.C2H6/c1-10(2)8-9-11-6-4-3-5-7-11;1-8(2)9-6-4-3-5-7-9;1-3-2;1-2/h3-7,10H,8-9H2,1-2H3;3-8H,1-2H3;3H2,1-2H3;1-2H3. The first kappa shape index (κ1) is 25.7. The van der Waals surface area contributed by atoms with Gasteiger partial charge in [-0.15, -0.1) is 0 Å². The Morgan fingerprint density at radius 1 is 0.680 bits per heavy atom. The largest absolute Gasteiger partial charge is 0.0683 e. The third kappa shape index (κ3) is 17.1. The van der Waals surface area contributed by atoms with E-state index in [1.54, 1.807) is 0 Å². The maximum Gasteiger partial charge on any atom is -0.0219 e. The number of benzene rings is 2. The van der Waals surface area contributed by atoms with E-state index in [2.05, 4.69) is 96.1 Å². The number of rotatable bonds is 4. The molecule has 2 rings (SSSR count). The summed E-state index contributed by atoms with van der Waals surface area (Å²) in [6.07, 6.45) is 3.77. The molecular weight excluding hydrogens is 300 g/mol. The Morgan fingerprint density at radius 3 is 1.40 bits per heavy atom. The maximum absolute atomic E-state index is 2.27. The minimum absolute atomic E-state index is 0.659. The van der Waals surface area contributed by atoms with Crippen molar-refractivity contribution in [2.75, 3.05) is 0 Å². The molecule has 0 aliphatic carbocycles. The fraction of sp³-hybridized carbons (Fsp3) is 0.520. The third-order valence-corrected chi connectivity index (χ3v) is 3.32. The first-order valence-corrected chi connectivity index (χ1v) is 10.1. The summed E-state index contributed by atoms with van der Waals surface area (Å²) in [4.78, 5) is 0. The molecule has 0 spiro atoms. The van der Waals surface area contributed by atoms with E-state index in [-0.39, 0.29) is 0 Å². The molecule has 0 saturated heterocycles. The fourth-order valence-corrected chi connectivity index (χ4v) is 1.94. The molecule has 0 nitrogen and oxygen atoms in total. The second-order valence-corrected chi connectivity index (χ2v) is 6.69. The lowest BCUT2D eigenvalue weighted by Gasteiger charge is -2.03. The molecular formula is C25H42. The highest BCUT2D eigenvalue weighted by Gasteiger charge is 1.94. The van der Waals surface area contributed by atoms with Crippen molar-refractivity contribution in [1.82, 2.24) is 0 Å². The van der Waals surface area contributed by atoms with Crippen molar-refractivity contribution in [3.05, 3.63) is 71.8 Å². The zero-order valence-corrected chi connectivity index (χ0v) is 18.0. The zero-order chi connectivity index (χ0) is 19.5. The van der Waals surface area contributed by atoms with Gasteiger partial charge in [0.1, 0.15) is 0 Å². The molecule has 0 radical (unpaired) electrons. The summed E-state index contributed by atoms with van der Waals surface area (Å²) in [5.74, 6) is 1.47. The van der Waals surface area contributed by atoms with Crippen LogP contribution in [0.2, 0.25) is 0 Å². The lowest BCUT2D eigenvalue weighted by atomic mass is 10.0. The topological polar surface area (TPSA) is 0 Å². The van der Waals surface area contributed by atoms with Crippen LogP contribution in [0, 0.1) is 5.92 Å². The summed E-state index contributed by atoms with van der Waals surface area (Å²) in [5, 5.41) is 0. The summed E-state index contributed by atoms with van der Waals surface area (Å²) < 4.78 is 0. The van der Waals surface area contributed by atoms with Crippen LogP contribution in [0.3, 0.4) is 0 Å². The van der Waals surface area contributed by atoms with E-state index in [1.165, 1.54) is 30.4 Å². The predicted octanol–water partition coefficient (Wildman–Crippen LogP) is 8.53. The molecule has 25 heavy (non-hydrogen) atoms. The quantitative estimate of drug-likeness (QED) is 0.522. The van der Waals surface area contributed by atoms with Crippen LogP contribution in [-0.4, -0.2) is 0 Å². The van der Waals surface area contributed by atoms with Gasteiger partial charge in [0.25, 0.3) is 0 Å². The van der Waals surface area contributed by atoms with Gasteiger partial charge >= 0.3 is 0 Å². The second kappa shape index (κ2) is 18.8. The van der Waals surface area contributed by atoms with Gasteiger partial charge in [-0.05, 0) is 35.8 Å². The third-order valence-electron chi connectivity index (χ3n) is 3.32. The molecule has 0 saturated carbocycles. The van der Waals surface area contributed by atoms with Crippen LogP contribution in [0.15, 0.2) is 60.7 Å². The van der Waals surface area contributed by atoms with Crippen LogP contribution >= 0.6 is 0 Å². The molecule has 0 heteroatoms. The zero-order valence-electron chi connectivity index (χ0n) is 18.0. The van der Waals surface area contributed by atoms with E-state index in [1.807, 2.05) is 19.9 Å². The van der Waals surface area contributed by atoms with E-state index in [0.29, 0.717) is 5.92 Å². The second-order valence-electron chi connectivity index (χ2n) is 6.69. The van der Waals surface area contributed by atoms with Gasteiger partial charge in [-0.3, -0.25) is 0 Å². The van der Waals surface area contributed by atoms with Crippen LogP contribution < -0.4 is 0 Å². The van der Waals surface area contributed by atoms with Gasteiger partial charge in [0.05, 0.1) is 0 Å². The van der Waals surface area contributed by atoms with Gasteiger partial charge in [0, 0.05) is 0 Å². The van der Waals surface area contributed by atoms with Gasteiger partial charge in [-0.25, -0.2) is 0 Å². The molecule has 0 amide bonds. The van der Waals surface area contributed by atoms with Crippen molar-refractivity contribution in [3.8, 4) is 0 Å². The number of aryl methyl sites for hydroxylation is 1. The molecule has 0 heterocycles. The van der Waals surface area contributed by atoms with Crippen LogP contribution in [-0.2, 0) is 6.42 Å². The first-order chi connectivity index (χ1) is 12.0. The summed E-state index contributed by atoms with van der Waals surface area (Å²) in [5.41, 5.74) is 2.87. The Hall–Kier alpha value is -1.56. The molecule has 0 aliphatic heterocycles. The monoisotopic (exact) mass is 342 g/mol. The number of hydrogen-bond donors (Lipinski definition) is 0. The van der Waals surface area contributed by atoms with Gasteiger partial charge in [0.15, 0.2) is 0 Å². The van der Waals surface area contributed by atoms with Crippen molar-refractivity contribution in [2.45, 2.75) is 80.6 Å². The molecule has 0 bridgehead atoms.